The fourth-order valence-corrected chi connectivity index (χ4v) is 7.47. The topological polar surface area (TPSA) is 175 Å². The number of fused-ring (bicyclic) bond motifs is 1. The number of amides is 5. The van der Waals surface area contributed by atoms with Gasteiger partial charge >= 0.3 is 5.97 Å². The smallest absolute Gasteiger partial charge is 0.329 e. The van der Waals surface area contributed by atoms with Crippen LogP contribution in [0, 0.1) is 23.2 Å². The molecule has 1 aromatic rings. The van der Waals surface area contributed by atoms with Crippen LogP contribution in [0.15, 0.2) is 24.3 Å². The Hall–Kier alpha value is -4.20. The third kappa shape index (κ3) is 11.9. The molecule has 2 fully saturated rings. The molecule has 3 rings (SSSR count). The number of hydrogen-bond donors (Lipinski definition) is 3. The van der Waals surface area contributed by atoms with Gasteiger partial charge in [-0.05, 0) is 67.6 Å². The van der Waals surface area contributed by atoms with E-state index in [-0.39, 0.29) is 43.6 Å². The summed E-state index contributed by atoms with van der Waals surface area (Å²) in [7, 11) is 4.59. The lowest BCUT2D eigenvalue weighted by Crippen LogP contribution is -2.59. The summed E-state index contributed by atoms with van der Waals surface area (Å²) in [5.74, 6) is -3.33. The Morgan fingerprint density at radius 2 is 1.59 bits per heavy atom. The Kier molecular flexibility index (Phi) is 16.7. The number of nitrogens with zero attached hydrogens (tertiary/aromatic N) is 3. The van der Waals surface area contributed by atoms with E-state index < -0.39 is 77.3 Å². The first kappa shape index (κ1) is 46.2. The summed E-state index contributed by atoms with van der Waals surface area (Å²) in [6.07, 6.45) is 0.722. The van der Waals surface area contributed by atoms with Gasteiger partial charge in [-0.2, -0.15) is 0 Å². The Labute approximate surface area is 333 Å². The van der Waals surface area contributed by atoms with Gasteiger partial charge < -0.3 is 39.9 Å². The number of carbonyl (C=O) groups excluding carboxylic acids is 6. The van der Waals surface area contributed by atoms with Crippen LogP contribution >= 0.6 is 0 Å². The summed E-state index contributed by atoms with van der Waals surface area (Å²) >= 11 is 0. The first-order valence-electron chi connectivity index (χ1n) is 20.1. The maximum absolute atomic E-state index is 14.5. The molecule has 14 heteroatoms. The number of ether oxygens (including phenoxy) is 2. The van der Waals surface area contributed by atoms with E-state index >= 15 is 0 Å². The molecular weight excluding hydrogens is 718 g/mol. The molecule has 2 aliphatic rings. The number of methoxy groups -OCH3 is 1. The number of nitrogens with one attached hydrogen (secondary N) is 2. The largest absolute Gasteiger partial charge is 0.497 e. The van der Waals surface area contributed by atoms with Crippen molar-refractivity contribution < 1.29 is 43.3 Å². The molecule has 1 aromatic carbocycles. The molecule has 56 heavy (non-hydrogen) atoms. The molecule has 9 atom stereocenters. The van der Waals surface area contributed by atoms with Crippen LogP contribution in [0.5, 0.6) is 5.75 Å². The normalized spacial score (nSPS) is 29.5. The second-order valence-corrected chi connectivity index (χ2v) is 17.0. The van der Waals surface area contributed by atoms with Crippen molar-refractivity contribution in [2.75, 3.05) is 34.3 Å². The van der Waals surface area contributed by atoms with Crippen LogP contribution in [-0.2, 0) is 39.9 Å². The summed E-state index contributed by atoms with van der Waals surface area (Å²) in [5.41, 5.74) is 0.276. The third-order valence-electron chi connectivity index (χ3n) is 11.7. The van der Waals surface area contributed by atoms with Crippen LogP contribution in [0.1, 0.15) is 99.5 Å². The SMILES string of the molecule is CC[C@H](C)[C@H]1C(=O)N2CCC[C@H]2C(=O)O[C@H](C(C)(C)C)C[C@@H](C)C[C@H](O)[C@H](C)C(=O)NCCC(=O)NC(Cc2ccc(OC)cc2)C(=O)N(C)[C@@H](C)C(=O)N1C. The summed E-state index contributed by atoms with van der Waals surface area (Å²) < 4.78 is 11.5. The van der Waals surface area contributed by atoms with Crippen molar-refractivity contribution >= 4 is 35.5 Å². The van der Waals surface area contributed by atoms with Gasteiger partial charge in [-0.3, -0.25) is 24.0 Å². The lowest BCUT2D eigenvalue weighted by Gasteiger charge is -2.39. The highest BCUT2D eigenvalue weighted by Gasteiger charge is 2.44. The van der Waals surface area contributed by atoms with Gasteiger partial charge in [-0.25, -0.2) is 4.79 Å². The van der Waals surface area contributed by atoms with E-state index in [9.17, 15) is 33.9 Å². The Balaban J connectivity index is 2.01. The van der Waals surface area contributed by atoms with Crippen LogP contribution in [0.3, 0.4) is 0 Å². The van der Waals surface area contributed by atoms with Crippen LogP contribution in [0.2, 0.25) is 0 Å². The van der Waals surface area contributed by atoms with Crippen LogP contribution in [0.25, 0.3) is 0 Å². The number of carbonyl (C=O) groups is 6. The van der Waals surface area contributed by atoms with Crippen LogP contribution in [-0.4, -0.2) is 126 Å². The van der Waals surface area contributed by atoms with Gasteiger partial charge in [0.05, 0.1) is 19.1 Å². The molecule has 2 heterocycles. The van der Waals surface area contributed by atoms with Crippen molar-refractivity contribution in [2.45, 2.75) is 137 Å². The van der Waals surface area contributed by atoms with E-state index in [0.29, 0.717) is 38.0 Å². The Bertz CT molecular complexity index is 1530. The summed E-state index contributed by atoms with van der Waals surface area (Å²) in [6, 6.07) is 3.24. The van der Waals surface area contributed by atoms with Gasteiger partial charge in [-0.15, -0.1) is 0 Å². The molecule has 2 aliphatic heterocycles. The molecule has 0 aliphatic carbocycles. The van der Waals surface area contributed by atoms with E-state index in [2.05, 4.69) is 10.6 Å². The summed E-state index contributed by atoms with van der Waals surface area (Å²) in [5, 5.41) is 16.6. The molecule has 0 aromatic heterocycles. The zero-order chi connectivity index (χ0) is 42.1. The van der Waals surface area contributed by atoms with Crippen molar-refractivity contribution in [2.24, 2.45) is 23.2 Å². The van der Waals surface area contributed by atoms with Crippen LogP contribution in [0.4, 0.5) is 0 Å². The Morgan fingerprint density at radius 3 is 2.18 bits per heavy atom. The first-order chi connectivity index (χ1) is 26.2. The van der Waals surface area contributed by atoms with Crippen molar-refractivity contribution in [3.63, 3.8) is 0 Å². The number of likely N-dealkylation sites (N-methyl/N-ethyl adjacent to an activating group) is 2. The molecule has 0 spiro atoms. The zero-order valence-corrected chi connectivity index (χ0v) is 35.4. The van der Waals surface area contributed by atoms with Gasteiger partial charge in [0, 0.05) is 40.0 Å². The molecule has 314 valence electrons. The van der Waals surface area contributed by atoms with Crippen molar-refractivity contribution in [1.82, 2.24) is 25.3 Å². The summed E-state index contributed by atoms with van der Waals surface area (Å²) in [6.45, 7) is 15.2. The molecular formula is C42H67N5O9. The molecule has 2 saturated heterocycles. The lowest BCUT2D eigenvalue weighted by molar-refractivity contribution is -0.166. The fourth-order valence-electron chi connectivity index (χ4n) is 7.47. The van der Waals surface area contributed by atoms with Gasteiger partial charge in [0.25, 0.3) is 0 Å². The lowest BCUT2D eigenvalue weighted by atomic mass is 9.81. The van der Waals surface area contributed by atoms with Gasteiger partial charge in [0.1, 0.15) is 36.0 Å². The minimum absolute atomic E-state index is 0.0263. The summed E-state index contributed by atoms with van der Waals surface area (Å²) in [4.78, 5) is 87.3. The van der Waals surface area contributed by atoms with Gasteiger partial charge in [0.2, 0.25) is 29.5 Å². The minimum atomic E-state index is -1.06. The quantitative estimate of drug-likeness (QED) is 0.379. The number of aliphatic hydroxyl groups is 1. The maximum atomic E-state index is 14.5. The van der Waals surface area contributed by atoms with E-state index in [1.165, 1.54) is 21.7 Å². The number of cyclic esters (lactones) is 1. The average Bonchev–Trinajstić information content (AvgIpc) is 3.65. The van der Waals surface area contributed by atoms with Gasteiger partial charge in [0.15, 0.2) is 0 Å². The molecule has 0 saturated carbocycles. The third-order valence-corrected chi connectivity index (χ3v) is 11.7. The Morgan fingerprint density at radius 1 is 0.946 bits per heavy atom. The molecule has 3 N–H and O–H groups in total. The van der Waals surface area contributed by atoms with Gasteiger partial charge in [-0.1, -0.05) is 67.0 Å². The molecule has 5 amide bonds. The highest BCUT2D eigenvalue weighted by Crippen LogP contribution is 2.32. The van der Waals surface area contributed by atoms with E-state index in [4.69, 9.17) is 9.47 Å². The second-order valence-electron chi connectivity index (χ2n) is 17.0. The van der Waals surface area contributed by atoms with E-state index in [1.54, 1.807) is 52.3 Å². The highest BCUT2D eigenvalue weighted by atomic mass is 16.5. The average molecular weight is 786 g/mol. The molecule has 0 bridgehead atoms. The van der Waals surface area contributed by atoms with Crippen LogP contribution < -0.4 is 15.4 Å². The standard InChI is InChI=1S/C42H67N5O9/c1-12-26(3)36-40(53)47-21-13-14-32(47)41(54)56-34(42(6,7)8)23-25(2)22-33(48)27(4)37(50)43-20-19-35(49)44-31(24-29-15-17-30(55-11)18-16-29)39(52)45(9)28(5)38(51)46(36)10/h15-18,25-28,31-34,36,48H,12-14,19-24H2,1-11H3,(H,43,50)(H,44,49)/t25-,26-,27-,28-,31?,32-,33-,34-,36-/m0/s1. The predicted octanol–water partition coefficient (Wildman–Crippen LogP) is 3.32. The van der Waals surface area contributed by atoms with E-state index in [0.717, 1.165) is 5.56 Å². The maximum Gasteiger partial charge on any atom is 0.329 e. The predicted molar refractivity (Wildman–Crippen MR) is 212 cm³/mol. The zero-order valence-electron chi connectivity index (χ0n) is 35.4. The van der Waals surface area contributed by atoms with Crippen molar-refractivity contribution in [1.29, 1.82) is 0 Å². The number of hydrogen-bond acceptors (Lipinski definition) is 9. The van der Waals surface area contributed by atoms with Crippen molar-refractivity contribution in [3.8, 4) is 5.75 Å². The monoisotopic (exact) mass is 785 g/mol. The number of rotatable bonds is 5. The number of aliphatic hydroxyl groups excluding tert-OH is 1. The number of benzene rings is 1. The molecule has 1 unspecified atom stereocenters. The minimum Gasteiger partial charge on any atom is -0.497 e. The van der Waals surface area contributed by atoms with Crippen molar-refractivity contribution in [3.05, 3.63) is 29.8 Å². The first-order valence-corrected chi connectivity index (χ1v) is 20.1. The molecule has 0 radical (unpaired) electrons. The highest BCUT2D eigenvalue weighted by molar-refractivity contribution is 5.95. The second kappa shape index (κ2) is 20.3. The number of esters is 1. The fraction of sp³-hybridized carbons (Fsp3) is 0.714. The molecule has 14 nitrogen and oxygen atoms in total. The van der Waals surface area contributed by atoms with E-state index in [1.807, 2.05) is 41.5 Å².